The summed E-state index contributed by atoms with van der Waals surface area (Å²) in [6, 6.07) is 0. The summed E-state index contributed by atoms with van der Waals surface area (Å²) in [7, 11) is 0. The Morgan fingerprint density at radius 3 is 2.93 bits per heavy atom. The van der Waals surface area contributed by atoms with Gasteiger partial charge in [0.1, 0.15) is 11.4 Å². The van der Waals surface area contributed by atoms with E-state index in [0.717, 1.165) is 36.6 Å². The minimum Gasteiger partial charge on any atom is -0.346 e. The lowest BCUT2D eigenvalue weighted by atomic mass is 9.89. The highest BCUT2D eigenvalue weighted by Crippen LogP contribution is 2.36. The molecular weight excluding hydrogens is 411 g/mol. The van der Waals surface area contributed by atoms with E-state index in [1.165, 1.54) is 20.8 Å². The Hall–Kier alpha value is -1.81. The summed E-state index contributed by atoms with van der Waals surface area (Å²) < 4.78 is 38.1. The Labute approximate surface area is 168 Å². The standard InChI is InChI=1S/C18H20F3N3O2S2/c1-3-6-24-16(26)14-11-5-4-10(2)7-12(11)28-15(14)23-17(24)27-8-13(25)22-9-18(19,20)21/h3,10H,1,4-9H2,2H3,(H,22,25)/t10-/m1/s1. The average Bonchev–Trinajstić information content (AvgIpc) is 2.97. The molecule has 1 aliphatic rings. The van der Waals surface area contributed by atoms with E-state index < -0.39 is 18.6 Å². The van der Waals surface area contributed by atoms with Crippen LogP contribution in [0, 0.1) is 5.92 Å². The number of nitrogens with one attached hydrogen (secondary N) is 1. The van der Waals surface area contributed by atoms with Crippen LogP contribution in [-0.2, 0) is 24.2 Å². The molecule has 2 aromatic rings. The topological polar surface area (TPSA) is 64.0 Å². The molecule has 0 fully saturated rings. The van der Waals surface area contributed by atoms with Gasteiger partial charge in [-0.15, -0.1) is 17.9 Å². The SMILES string of the molecule is C=CCn1c(SCC(=O)NCC(F)(F)F)nc2sc3c(c2c1=O)CC[C@@H](C)C3. The Kier molecular flexibility index (Phi) is 6.18. The number of hydrogen-bond acceptors (Lipinski definition) is 5. The summed E-state index contributed by atoms with van der Waals surface area (Å²) in [5, 5.41) is 2.76. The normalized spacial score (nSPS) is 16.8. The summed E-state index contributed by atoms with van der Waals surface area (Å²) in [5.41, 5.74) is 0.878. The molecule has 10 heteroatoms. The number of carbonyl (C=O) groups is 1. The van der Waals surface area contributed by atoms with Crippen molar-refractivity contribution in [1.82, 2.24) is 14.9 Å². The predicted molar refractivity (Wildman–Crippen MR) is 105 cm³/mol. The molecule has 1 amide bonds. The molecule has 5 nitrogen and oxygen atoms in total. The first kappa shape index (κ1) is 20.9. The molecule has 0 spiro atoms. The van der Waals surface area contributed by atoms with Gasteiger partial charge in [-0.1, -0.05) is 24.8 Å². The van der Waals surface area contributed by atoms with Crippen molar-refractivity contribution in [2.75, 3.05) is 12.3 Å². The zero-order valence-electron chi connectivity index (χ0n) is 15.3. The van der Waals surface area contributed by atoms with Gasteiger partial charge in [0.25, 0.3) is 5.56 Å². The van der Waals surface area contributed by atoms with Gasteiger partial charge < -0.3 is 5.32 Å². The Bertz CT molecular complexity index is 966. The Balaban J connectivity index is 1.89. The van der Waals surface area contributed by atoms with Crippen LogP contribution in [0.4, 0.5) is 13.2 Å². The van der Waals surface area contributed by atoms with Crippen molar-refractivity contribution in [3.05, 3.63) is 33.4 Å². The van der Waals surface area contributed by atoms with Gasteiger partial charge in [-0.2, -0.15) is 13.2 Å². The predicted octanol–water partition coefficient (Wildman–Crippen LogP) is 3.54. The molecule has 0 bridgehead atoms. The molecule has 0 saturated carbocycles. The lowest BCUT2D eigenvalue weighted by Gasteiger charge is -2.17. The molecule has 2 aromatic heterocycles. The van der Waals surface area contributed by atoms with Crippen molar-refractivity contribution in [2.24, 2.45) is 5.92 Å². The maximum Gasteiger partial charge on any atom is 0.405 e. The number of halogens is 3. The quantitative estimate of drug-likeness (QED) is 0.432. The number of carbonyl (C=O) groups excluding carboxylic acids is 1. The lowest BCUT2D eigenvalue weighted by molar-refractivity contribution is -0.136. The van der Waals surface area contributed by atoms with Crippen molar-refractivity contribution in [3.8, 4) is 0 Å². The zero-order chi connectivity index (χ0) is 20.5. The van der Waals surface area contributed by atoms with Crippen LogP contribution in [0.15, 0.2) is 22.6 Å². The lowest BCUT2D eigenvalue weighted by Crippen LogP contribution is -2.35. The van der Waals surface area contributed by atoms with Crippen LogP contribution in [-0.4, -0.2) is 33.9 Å². The summed E-state index contributed by atoms with van der Waals surface area (Å²) in [4.78, 5) is 31.1. The van der Waals surface area contributed by atoms with Gasteiger partial charge in [0.15, 0.2) is 5.16 Å². The number of aryl methyl sites for hydroxylation is 1. The molecule has 0 radical (unpaired) electrons. The molecule has 1 atom stereocenters. The van der Waals surface area contributed by atoms with Crippen molar-refractivity contribution in [3.63, 3.8) is 0 Å². The van der Waals surface area contributed by atoms with Gasteiger partial charge in [-0.3, -0.25) is 14.2 Å². The van der Waals surface area contributed by atoms with E-state index in [4.69, 9.17) is 0 Å². The number of nitrogens with zero attached hydrogens (tertiary/aromatic N) is 2. The molecule has 3 rings (SSSR count). The molecule has 1 aliphatic carbocycles. The molecule has 28 heavy (non-hydrogen) atoms. The fraction of sp³-hybridized carbons (Fsp3) is 0.500. The number of allylic oxidation sites excluding steroid dienone is 1. The molecule has 2 heterocycles. The third kappa shape index (κ3) is 4.60. The fourth-order valence-electron chi connectivity index (χ4n) is 3.18. The van der Waals surface area contributed by atoms with Crippen LogP contribution >= 0.6 is 23.1 Å². The number of thioether (sulfide) groups is 1. The van der Waals surface area contributed by atoms with E-state index in [2.05, 4.69) is 18.5 Å². The first-order valence-corrected chi connectivity index (χ1v) is 10.6. The number of thiophene rings is 1. The first-order valence-electron chi connectivity index (χ1n) is 8.82. The van der Waals surface area contributed by atoms with Gasteiger partial charge in [0, 0.05) is 11.4 Å². The third-order valence-electron chi connectivity index (χ3n) is 4.51. The van der Waals surface area contributed by atoms with Crippen molar-refractivity contribution < 1.29 is 18.0 Å². The average molecular weight is 432 g/mol. The maximum atomic E-state index is 13.1. The zero-order valence-corrected chi connectivity index (χ0v) is 16.9. The fourth-order valence-corrected chi connectivity index (χ4v) is 5.45. The Morgan fingerprint density at radius 2 is 2.25 bits per heavy atom. The maximum absolute atomic E-state index is 13.1. The number of alkyl halides is 3. The Morgan fingerprint density at radius 1 is 1.50 bits per heavy atom. The number of amides is 1. The third-order valence-corrected chi connectivity index (χ3v) is 6.63. The summed E-state index contributed by atoms with van der Waals surface area (Å²) in [6.07, 6.45) is -0.123. The van der Waals surface area contributed by atoms with Crippen molar-refractivity contribution in [2.45, 2.75) is 44.1 Å². The van der Waals surface area contributed by atoms with Crippen LogP contribution in [0.3, 0.4) is 0 Å². The smallest absolute Gasteiger partial charge is 0.346 e. The van der Waals surface area contributed by atoms with E-state index in [1.807, 2.05) is 5.32 Å². The van der Waals surface area contributed by atoms with Crippen molar-refractivity contribution in [1.29, 1.82) is 0 Å². The minimum absolute atomic E-state index is 0.185. The van der Waals surface area contributed by atoms with Gasteiger partial charge in [-0.05, 0) is 30.7 Å². The van der Waals surface area contributed by atoms with E-state index >= 15 is 0 Å². The number of aromatic nitrogens is 2. The highest BCUT2D eigenvalue weighted by molar-refractivity contribution is 7.99. The second-order valence-electron chi connectivity index (χ2n) is 6.81. The van der Waals surface area contributed by atoms with E-state index in [-0.39, 0.29) is 17.9 Å². The molecule has 1 N–H and O–H groups in total. The van der Waals surface area contributed by atoms with Crippen LogP contribution < -0.4 is 10.9 Å². The van der Waals surface area contributed by atoms with Crippen LogP contribution in [0.5, 0.6) is 0 Å². The molecule has 0 saturated heterocycles. The van der Waals surface area contributed by atoms with Crippen LogP contribution in [0.25, 0.3) is 10.2 Å². The van der Waals surface area contributed by atoms with E-state index in [1.54, 1.807) is 6.08 Å². The summed E-state index contributed by atoms with van der Waals surface area (Å²) >= 11 is 2.45. The second-order valence-corrected chi connectivity index (χ2v) is 8.84. The molecule has 0 aromatic carbocycles. The number of rotatable bonds is 6. The number of fused-ring (bicyclic) bond motifs is 3. The highest BCUT2D eigenvalue weighted by Gasteiger charge is 2.28. The van der Waals surface area contributed by atoms with Gasteiger partial charge in [0.05, 0.1) is 11.1 Å². The number of hydrogen-bond donors (Lipinski definition) is 1. The van der Waals surface area contributed by atoms with Crippen LogP contribution in [0.1, 0.15) is 23.8 Å². The van der Waals surface area contributed by atoms with Gasteiger partial charge >= 0.3 is 6.18 Å². The monoisotopic (exact) mass is 431 g/mol. The van der Waals surface area contributed by atoms with Gasteiger partial charge in [0.2, 0.25) is 5.91 Å². The first-order chi connectivity index (χ1) is 13.2. The molecular formula is C18H20F3N3O2S2. The highest BCUT2D eigenvalue weighted by atomic mass is 32.2. The van der Waals surface area contributed by atoms with E-state index in [0.29, 0.717) is 21.3 Å². The molecule has 152 valence electrons. The summed E-state index contributed by atoms with van der Waals surface area (Å²) in [6.45, 7) is 4.67. The minimum atomic E-state index is -4.46. The summed E-state index contributed by atoms with van der Waals surface area (Å²) in [5.74, 6) is -0.462. The van der Waals surface area contributed by atoms with Gasteiger partial charge in [-0.25, -0.2) is 4.98 Å². The van der Waals surface area contributed by atoms with Crippen LogP contribution in [0.2, 0.25) is 0 Å². The van der Waals surface area contributed by atoms with E-state index in [9.17, 15) is 22.8 Å². The largest absolute Gasteiger partial charge is 0.405 e. The second kappa shape index (κ2) is 8.28. The molecule has 0 unspecified atom stereocenters. The molecule has 0 aliphatic heterocycles. The van der Waals surface area contributed by atoms with Crippen molar-refractivity contribution >= 4 is 39.2 Å².